The average Bonchev–Trinajstić information content (AvgIpc) is 3.54. The van der Waals surface area contributed by atoms with Gasteiger partial charge >= 0.3 is 13.6 Å². The standard InChI is InChI=1S/C28H34N5O8P/c1-16(2)39-27(35)17(3)14-42(36,41-21-11-7-9-18-8-5-6-10-19(18)21)38-13-22-20(34)12-23(40-22)33-15-30-24-25(33)31-28(29)32-26(24)37-4/h5-11,15-17,20,22-23,34H,12-14H2,1-4H3,(H2,29,31,32)/t17-,20?,22-,23-,42?/m1/s1. The summed E-state index contributed by atoms with van der Waals surface area (Å²) in [7, 11) is -2.53. The third-order valence-corrected chi connectivity index (χ3v) is 8.80. The fourth-order valence-electron chi connectivity index (χ4n) is 4.78. The molecule has 14 heteroatoms. The Balaban J connectivity index is 1.36. The second-order valence-corrected chi connectivity index (χ2v) is 12.4. The predicted molar refractivity (Wildman–Crippen MR) is 154 cm³/mol. The van der Waals surface area contributed by atoms with E-state index < -0.39 is 37.9 Å². The first-order chi connectivity index (χ1) is 20.1. The number of methoxy groups -OCH3 is 1. The normalized spacial score (nSPS) is 21.0. The minimum absolute atomic E-state index is 0.00355. The maximum absolute atomic E-state index is 14.2. The van der Waals surface area contributed by atoms with Gasteiger partial charge in [0, 0.05) is 11.8 Å². The van der Waals surface area contributed by atoms with Gasteiger partial charge in [-0.15, -0.1) is 0 Å². The topological polar surface area (TPSA) is 170 Å². The van der Waals surface area contributed by atoms with Gasteiger partial charge in [0.15, 0.2) is 11.2 Å². The van der Waals surface area contributed by atoms with Gasteiger partial charge in [0.1, 0.15) is 18.1 Å². The number of hydrogen-bond acceptors (Lipinski definition) is 12. The van der Waals surface area contributed by atoms with E-state index in [4.69, 9.17) is 29.0 Å². The molecule has 0 amide bonds. The van der Waals surface area contributed by atoms with Gasteiger partial charge in [-0.25, -0.2) is 9.55 Å². The van der Waals surface area contributed by atoms with Crippen LogP contribution < -0.4 is 15.0 Å². The molecule has 0 spiro atoms. The van der Waals surface area contributed by atoms with Gasteiger partial charge in [-0.1, -0.05) is 43.3 Å². The Labute approximate surface area is 242 Å². The van der Waals surface area contributed by atoms with Gasteiger partial charge in [-0.2, -0.15) is 9.97 Å². The number of rotatable bonds is 11. The van der Waals surface area contributed by atoms with Crippen LogP contribution in [0.1, 0.15) is 33.4 Å². The van der Waals surface area contributed by atoms with Crippen molar-refractivity contribution >= 4 is 41.4 Å². The third-order valence-electron chi connectivity index (χ3n) is 6.79. The highest BCUT2D eigenvalue weighted by atomic mass is 31.2. The lowest BCUT2D eigenvalue weighted by atomic mass is 10.1. The zero-order valence-corrected chi connectivity index (χ0v) is 24.6. The van der Waals surface area contributed by atoms with E-state index in [0.717, 1.165) is 10.8 Å². The molecule has 42 heavy (non-hydrogen) atoms. The van der Waals surface area contributed by atoms with Crippen molar-refractivity contribution in [3.05, 3.63) is 48.8 Å². The summed E-state index contributed by atoms with van der Waals surface area (Å²) in [6.07, 6.45) is -1.40. The molecule has 1 saturated heterocycles. The molecule has 0 saturated carbocycles. The molecule has 2 aromatic carbocycles. The quantitative estimate of drug-likeness (QED) is 0.187. The summed E-state index contributed by atoms with van der Waals surface area (Å²) in [4.78, 5) is 25.2. The Morgan fingerprint density at radius 1 is 1.19 bits per heavy atom. The van der Waals surface area contributed by atoms with Crippen molar-refractivity contribution in [2.75, 3.05) is 25.6 Å². The Morgan fingerprint density at radius 2 is 1.95 bits per heavy atom. The van der Waals surface area contributed by atoms with Crippen molar-refractivity contribution in [2.24, 2.45) is 5.92 Å². The number of hydrogen-bond donors (Lipinski definition) is 2. The van der Waals surface area contributed by atoms with Crippen LogP contribution in [0.25, 0.3) is 21.9 Å². The minimum atomic E-state index is -3.98. The van der Waals surface area contributed by atoms with Crippen molar-refractivity contribution in [1.82, 2.24) is 19.5 Å². The number of carbonyl (C=O) groups is 1. The number of fused-ring (bicyclic) bond motifs is 2. The van der Waals surface area contributed by atoms with Crippen LogP contribution in [-0.4, -0.2) is 68.8 Å². The molecule has 1 aliphatic rings. The van der Waals surface area contributed by atoms with Crippen LogP contribution in [0.2, 0.25) is 0 Å². The first-order valence-electron chi connectivity index (χ1n) is 13.6. The third kappa shape index (κ3) is 6.34. The molecule has 1 aliphatic heterocycles. The van der Waals surface area contributed by atoms with E-state index in [0.29, 0.717) is 16.9 Å². The lowest BCUT2D eigenvalue weighted by Gasteiger charge is -2.25. The number of esters is 1. The number of nitrogens with two attached hydrogens (primary N) is 1. The highest BCUT2D eigenvalue weighted by Gasteiger charge is 2.40. The lowest BCUT2D eigenvalue weighted by molar-refractivity contribution is -0.151. The van der Waals surface area contributed by atoms with Crippen molar-refractivity contribution in [3.63, 3.8) is 0 Å². The van der Waals surface area contributed by atoms with Gasteiger partial charge in [-0.3, -0.25) is 13.9 Å². The van der Waals surface area contributed by atoms with Crippen LogP contribution in [0.5, 0.6) is 11.6 Å². The maximum atomic E-state index is 14.2. The van der Waals surface area contributed by atoms with Crippen molar-refractivity contribution in [2.45, 2.75) is 51.7 Å². The number of benzene rings is 2. The number of nitrogens with zero attached hydrogens (tertiary/aromatic N) is 4. The summed E-state index contributed by atoms with van der Waals surface area (Å²) in [5.41, 5.74) is 6.60. The van der Waals surface area contributed by atoms with E-state index in [2.05, 4.69) is 15.0 Å². The summed E-state index contributed by atoms with van der Waals surface area (Å²) in [6, 6.07) is 12.9. The molecule has 3 heterocycles. The molecule has 0 radical (unpaired) electrons. The van der Waals surface area contributed by atoms with E-state index in [1.807, 2.05) is 30.3 Å². The van der Waals surface area contributed by atoms with Crippen LogP contribution in [0.4, 0.5) is 5.95 Å². The summed E-state index contributed by atoms with van der Waals surface area (Å²) in [6.45, 7) is 4.82. The molecular weight excluding hydrogens is 565 g/mol. The smallest absolute Gasteiger partial charge is 0.380 e. The maximum Gasteiger partial charge on any atom is 0.380 e. The Hall–Kier alpha value is -3.77. The molecule has 2 aromatic heterocycles. The summed E-state index contributed by atoms with van der Waals surface area (Å²) < 4.78 is 44.5. The number of ether oxygens (including phenoxy) is 3. The minimum Gasteiger partial charge on any atom is -0.479 e. The molecule has 0 aliphatic carbocycles. The molecule has 224 valence electrons. The SMILES string of the molecule is COc1nc(N)nc2c1ncn2[C@H]1CC(O)[C@@H](COP(=O)(C[C@@H](C)C(=O)OC(C)C)Oc2cccc3ccccc23)O1. The van der Waals surface area contributed by atoms with Gasteiger partial charge in [-0.05, 0) is 25.3 Å². The highest BCUT2D eigenvalue weighted by Crippen LogP contribution is 2.52. The fraction of sp³-hybridized carbons (Fsp3) is 0.429. The average molecular weight is 600 g/mol. The van der Waals surface area contributed by atoms with Crippen LogP contribution >= 0.6 is 7.60 Å². The van der Waals surface area contributed by atoms with E-state index in [1.165, 1.54) is 13.4 Å². The van der Waals surface area contributed by atoms with E-state index >= 15 is 0 Å². The Bertz CT molecular complexity index is 1620. The van der Waals surface area contributed by atoms with Crippen molar-refractivity contribution in [1.29, 1.82) is 0 Å². The zero-order valence-electron chi connectivity index (χ0n) is 23.7. The number of aliphatic hydroxyl groups is 1. The molecule has 5 atom stereocenters. The van der Waals surface area contributed by atoms with Crippen LogP contribution in [0.3, 0.4) is 0 Å². The second kappa shape index (κ2) is 12.2. The van der Waals surface area contributed by atoms with E-state index in [-0.39, 0.29) is 37.1 Å². The number of nitrogen functional groups attached to an aromatic ring is 1. The first kappa shape index (κ1) is 29.7. The number of aromatic nitrogens is 4. The number of imidazole rings is 1. The van der Waals surface area contributed by atoms with Gasteiger partial charge < -0.3 is 29.6 Å². The van der Waals surface area contributed by atoms with E-state index in [9.17, 15) is 14.5 Å². The molecule has 13 nitrogen and oxygen atoms in total. The lowest BCUT2D eigenvalue weighted by Crippen LogP contribution is -2.28. The number of aliphatic hydroxyl groups excluding tert-OH is 1. The highest BCUT2D eigenvalue weighted by molar-refractivity contribution is 7.54. The van der Waals surface area contributed by atoms with Crippen LogP contribution in [-0.2, 0) is 23.4 Å². The van der Waals surface area contributed by atoms with Crippen molar-refractivity contribution < 1.29 is 37.7 Å². The molecule has 0 bridgehead atoms. The first-order valence-corrected chi connectivity index (χ1v) is 15.3. The summed E-state index contributed by atoms with van der Waals surface area (Å²) in [5, 5.41) is 12.5. The molecular formula is C28H34N5O8P. The van der Waals surface area contributed by atoms with Gasteiger partial charge in [0.05, 0.1) is 44.3 Å². The second-order valence-electron chi connectivity index (χ2n) is 10.4. The summed E-state index contributed by atoms with van der Waals surface area (Å²) in [5.74, 6) is -0.741. The fourth-order valence-corrected chi connectivity index (χ4v) is 6.67. The predicted octanol–water partition coefficient (Wildman–Crippen LogP) is 4.10. The summed E-state index contributed by atoms with van der Waals surface area (Å²) >= 11 is 0. The number of carbonyl (C=O) groups excluding carboxylic acids is 1. The molecule has 4 aromatic rings. The monoisotopic (exact) mass is 599 g/mol. The number of anilines is 1. The molecule has 5 rings (SSSR count). The molecule has 3 N–H and O–H groups in total. The van der Waals surface area contributed by atoms with Gasteiger partial charge in [0.25, 0.3) is 0 Å². The van der Waals surface area contributed by atoms with Gasteiger partial charge in [0.2, 0.25) is 11.8 Å². The zero-order chi connectivity index (χ0) is 30.0. The Kier molecular flexibility index (Phi) is 8.65. The molecule has 1 fully saturated rings. The van der Waals surface area contributed by atoms with Crippen molar-refractivity contribution in [3.8, 4) is 11.6 Å². The largest absolute Gasteiger partial charge is 0.479 e. The van der Waals surface area contributed by atoms with Crippen LogP contribution in [0, 0.1) is 5.92 Å². The van der Waals surface area contributed by atoms with E-state index in [1.54, 1.807) is 37.5 Å². The Morgan fingerprint density at radius 3 is 2.71 bits per heavy atom. The molecule has 2 unspecified atom stereocenters. The van der Waals surface area contributed by atoms with Crippen LogP contribution in [0.15, 0.2) is 48.8 Å².